The first-order valence-electron chi connectivity index (χ1n) is 6.81. The van der Waals surface area contributed by atoms with Crippen LogP contribution in [0.4, 0.5) is 0 Å². The number of benzene rings is 1. The summed E-state index contributed by atoms with van der Waals surface area (Å²) in [5.41, 5.74) is 2.62. The fourth-order valence-corrected chi connectivity index (χ4v) is 2.15. The number of hydrogen-bond donors (Lipinski definition) is 1. The maximum Gasteiger partial charge on any atom is 0.118 e. The predicted molar refractivity (Wildman–Crippen MR) is 78.3 cm³/mol. The lowest BCUT2D eigenvalue weighted by Crippen LogP contribution is -2.15. The number of aryl methyl sites for hydroxylation is 1. The third-order valence-electron chi connectivity index (χ3n) is 3.18. The molecular weight excluding hydrogens is 236 g/mol. The molecule has 0 saturated carbocycles. The summed E-state index contributed by atoms with van der Waals surface area (Å²) < 4.78 is 7.46. The molecule has 0 aliphatic rings. The summed E-state index contributed by atoms with van der Waals surface area (Å²) >= 11 is 0. The van der Waals surface area contributed by atoms with E-state index in [0.29, 0.717) is 0 Å². The zero-order chi connectivity index (χ0) is 13.5. The van der Waals surface area contributed by atoms with E-state index < -0.39 is 0 Å². The zero-order valence-corrected chi connectivity index (χ0v) is 11.7. The Kier molecular flexibility index (Phi) is 5.04. The predicted octanol–water partition coefficient (Wildman–Crippen LogP) is 3.20. The van der Waals surface area contributed by atoms with Crippen molar-refractivity contribution in [1.29, 1.82) is 0 Å². The smallest absolute Gasteiger partial charge is 0.118 e. The summed E-state index contributed by atoms with van der Waals surface area (Å²) in [6.45, 7) is 5.07. The molecular formula is C16H22N2O. The molecule has 1 N–H and O–H groups in total. The number of aromatic nitrogens is 1. The molecule has 0 atom stereocenters. The molecule has 2 aromatic rings. The van der Waals surface area contributed by atoms with E-state index in [9.17, 15) is 0 Å². The maximum absolute atomic E-state index is 5.15. The molecule has 19 heavy (non-hydrogen) atoms. The highest BCUT2D eigenvalue weighted by atomic mass is 16.5. The minimum absolute atomic E-state index is 0.876. The first-order chi connectivity index (χ1) is 9.33. The molecule has 2 rings (SSSR count). The Hall–Kier alpha value is -1.74. The van der Waals surface area contributed by atoms with Crippen molar-refractivity contribution < 1.29 is 4.74 Å². The standard InChI is InChI=1S/C16H22N2O/c1-3-10-18-11-4-5-15(18)13-17-12-14-6-8-16(19-2)9-7-14/h4-9,11,17H,3,10,12-13H2,1-2H3. The van der Waals surface area contributed by atoms with Crippen LogP contribution in [0, 0.1) is 0 Å². The van der Waals surface area contributed by atoms with E-state index in [4.69, 9.17) is 4.74 Å². The lowest BCUT2D eigenvalue weighted by Gasteiger charge is -2.09. The van der Waals surface area contributed by atoms with E-state index in [1.165, 1.54) is 17.7 Å². The lowest BCUT2D eigenvalue weighted by atomic mass is 10.2. The normalized spacial score (nSPS) is 10.6. The minimum atomic E-state index is 0.876. The Labute approximate surface area is 115 Å². The molecule has 0 radical (unpaired) electrons. The van der Waals surface area contributed by atoms with Gasteiger partial charge in [0.2, 0.25) is 0 Å². The average molecular weight is 258 g/mol. The number of methoxy groups -OCH3 is 1. The molecule has 0 spiro atoms. The third-order valence-corrected chi connectivity index (χ3v) is 3.18. The second-order valence-electron chi connectivity index (χ2n) is 4.64. The van der Waals surface area contributed by atoms with Crippen LogP contribution in [-0.4, -0.2) is 11.7 Å². The van der Waals surface area contributed by atoms with Crippen molar-refractivity contribution in [2.75, 3.05) is 7.11 Å². The van der Waals surface area contributed by atoms with E-state index in [-0.39, 0.29) is 0 Å². The van der Waals surface area contributed by atoms with Crippen LogP contribution in [0.1, 0.15) is 24.6 Å². The largest absolute Gasteiger partial charge is 0.497 e. The maximum atomic E-state index is 5.15. The van der Waals surface area contributed by atoms with Gasteiger partial charge in [0.15, 0.2) is 0 Å². The van der Waals surface area contributed by atoms with E-state index in [0.717, 1.165) is 25.4 Å². The van der Waals surface area contributed by atoms with Gasteiger partial charge in [-0.15, -0.1) is 0 Å². The van der Waals surface area contributed by atoms with Crippen molar-refractivity contribution in [2.24, 2.45) is 0 Å². The quantitative estimate of drug-likeness (QED) is 0.825. The molecule has 0 amide bonds. The zero-order valence-electron chi connectivity index (χ0n) is 11.7. The summed E-state index contributed by atoms with van der Waals surface area (Å²) in [7, 11) is 1.69. The van der Waals surface area contributed by atoms with Crippen molar-refractivity contribution in [3.63, 3.8) is 0 Å². The van der Waals surface area contributed by atoms with Crippen LogP contribution in [0.15, 0.2) is 42.6 Å². The van der Waals surface area contributed by atoms with Gasteiger partial charge in [0, 0.05) is 31.5 Å². The van der Waals surface area contributed by atoms with Gasteiger partial charge in [-0.3, -0.25) is 0 Å². The summed E-state index contributed by atoms with van der Waals surface area (Å²) in [6, 6.07) is 12.5. The average Bonchev–Trinajstić information content (AvgIpc) is 2.88. The molecule has 0 aliphatic heterocycles. The van der Waals surface area contributed by atoms with Gasteiger partial charge in [-0.25, -0.2) is 0 Å². The number of rotatable bonds is 7. The van der Waals surface area contributed by atoms with Crippen molar-refractivity contribution in [2.45, 2.75) is 33.0 Å². The van der Waals surface area contributed by atoms with Gasteiger partial charge in [-0.1, -0.05) is 19.1 Å². The molecule has 0 aliphatic carbocycles. The fourth-order valence-electron chi connectivity index (χ4n) is 2.15. The molecule has 0 fully saturated rings. The van der Waals surface area contributed by atoms with Crippen LogP contribution >= 0.6 is 0 Å². The van der Waals surface area contributed by atoms with Crippen molar-refractivity contribution in [1.82, 2.24) is 9.88 Å². The van der Waals surface area contributed by atoms with Crippen LogP contribution in [0.3, 0.4) is 0 Å². The molecule has 1 aromatic heterocycles. The molecule has 1 aromatic carbocycles. The Balaban J connectivity index is 1.83. The third kappa shape index (κ3) is 3.86. The molecule has 0 unspecified atom stereocenters. The van der Waals surface area contributed by atoms with Crippen LogP contribution in [0.5, 0.6) is 5.75 Å². The monoisotopic (exact) mass is 258 g/mol. The summed E-state index contributed by atoms with van der Waals surface area (Å²) in [5, 5.41) is 3.48. The first kappa shape index (κ1) is 13.7. The summed E-state index contributed by atoms with van der Waals surface area (Å²) in [5.74, 6) is 0.903. The van der Waals surface area contributed by atoms with Crippen molar-refractivity contribution in [3.8, 4) is 5.75 Å². The van der Waals surface area contributed by atoms with Gasteiger partial charge >= 0.3 is 0 Å². The lowest BCUT2D eigenvalue weighted by molar-refractivity contribution is 0.414. The van der Waals surface area contributed by atoms with Crippen molar-refractivity contribution >= 4 is 0 Å². The molecule has 1 heterocycles. The molecule has 3 heteroatoms. The number of nitrogens with zero attached hydrogens (tertiary/aromatic N) is 1. The van der Waals surface area contributed by atoms with Gasteiger partial charge in [0.25, 0.3) is 0 Å². The Bertz CT molecular complexity index is 488. The minimum Gasteiger partial charge on any atom is -0.497 e. The first-order valence-corrected chi connectivity index (χ1v) is 6.81. The van der Waals surface area contributed by atoms with Gasteiger partial charge in [-0.05, 0) is 36.2 Å². The Morgan fingerprint density at radius 1 is 1.11 bits per heavy atom. The highest BCUT2D eigenvalue weighted by molar-refractivity contribution is 5.27. The van der Waals surface area contributed by atoms with Gasteiger partial charge in [0.05, 0.1) is 7.11 Å². The van der Waals surface area contributed by atoms with Gasteiger partial charge < -0.3 is 14.6 Å². The van der Waals surface area contributed by atoms with E-state index in [1.807, 2.05) is 12.1 Å². The Morgan fingerprint density at radius 2 is 1.89 bits per heavy atom. The highest BCUT2D eigenvalue weighted by Gasteiger charge is 2.00. The van der Waals surface area contributed by atoms with E-state index in [2.05, 4.69) is 47.3 Å². The van der Waals surface area contributed by atoms with Crippen LogP contribution in [0.25, 0.3) is 0 Å². The molecule has 0 saturated heterocycles. The Morgan fingerprint density at radius 3 is 2.58 bits per heavy atom. The SMILES string of the molecule is CCCn1cccc1CNCc1ccc(OC)cc1. The molecule has 102 valence electrons. The number of nitrogens with one attached hydrogen (secondary N) is 1. The number of ether oxygens (including phenoxy) is 1. The summed E-state index contributed by atoms with van der Waals surface area (Å²) in [6.07, 6.45) is 3.31. The van der Waals surface area contributed by atoms with Crippen LogP contribution in [0.2, 0.25) is 0 Å². The topological polar surface area (TPSA) is 26.2 Å². The second kappa shape index (κ2) is 7.00. The van der Waals surface area contributed by atoms with Gasteiger partial charge in [-0.2, -0.15) is 0 Å². The van der Waals surface area contributed by atoms with E-state index >= 15 is 0 Å². The van der Waals surface area contributed by atoms with E-state index in [1.54, 1.807) is 7.11 Å². The van der Waals surface area contributed by atoms with Gasteiger partial charge in [0.1, 0.15) is 5.75 Å². The molecule has 3 nitrogen and oxygen atoms in total. The highest BCUT2D eigenvalue weighted by Crippen LogP contribution is 2.11. The van der Waals surface area contributed by atoms with Crippen LogP contribution in [-0.2, 0) is 19.6 Å². The fraction of sp³-hybridized carbons (Fsp3) is 0.375. The van der Waals surface area contributed by atoms with Crippen molar-refractivity contribution in [3.05, 3.63) is 53.9 Å². The second-order valence-corrected chi connectivity index (χ2v) is 4.64. The molecule has 0 bridgehead atoms. The number of hydrogen-bond acceptors (Lipinski definition) is 2. The van der Waals surface area contributed by atoms with Crippen LogP contribution < -0.4 is 10.1 Å². The summed E-state index contributed by atoms with van der Waals surface area (Å²) in [4.78, 5) is 0.